The predicted octanol–water partition coefficient (Wildman–Crippen LogP) is 5.49. The van der Waals surface area contributed by atoms with Crippen molar-refractivity contribution in [3.63, 3.8) is 0 Å². The Morgan fingerprint density at radius 1 is 0.886 bits per heavy atom. The molecule has 0 aliphatic heterocycles. The van der Waals surface area contributed by atoms with Crippen molar-refractivity contribution in [1.82, 2.24) is 25.2 Å². The maximum Gasteiger partial charge on any atom is 0.573 e. The second-order valence-corrected chi connectivity index (χ2v) is 7.38. The molecular formula is C22H14F7N5O. The molecule has 1 atom stereocenters. The maximum atomic E-state index is 15.6. The molecule has 0 amide bonds. The molecule has 0 unspecified atom stereocenters. The lowest BCUT2D eigenvalue weighted by Crippen LogP contribution is -2.30. The molecule has 2 aromatic heterocycles. The van der Waals surface area contributed by atoms with Crippen LogP contribution in [0.25, 0.3) is 11.1 Å². The first-order chi connectivity index (χ1) is 16.5. The quantitative estimate of drug-likeness (QED) is 0.316. The summed E-state index contributed by atoms with van der Waals surface area (Å²) in [6.45, 7) is -0.535. The molecule has 0 radical (unpaired) electrons. The number of pyridine rings is 1. The Hall–Kier alpha value is -4.03. The van der Waals surface area contributed by atoms with E-state index in [2.05, 4.69) is 25.2 Å². The van der Waals surface area contributed by atoms with Gasteiger partial charge in [-0.05, 0) is 45.8 Å². The molecule has 6 nitrogen and oxygen atoms in total. The van der Waals surface area contributed by atoms with Gasteiger partial charge in [-0.25, -0.2) is 13.5 Å². The minimum Gasteiger partial charge on any atom is -0.406 e. The summed E-state index contributed by atoms with van der Waals surface area (Å²) in [5.74, 6) is -8.12. The molecule has 35 heavy (non-hydrogen) atoms. The van der Waals surface area contributed by atoms with E-state index in [4.69, 9.17) is 0 Å². The zero-order chi connectivity index (χ0) is 25.2. The molecule has 0 fully saturated rings. The molecule has 0 bridgehead atoms. The molecule has 0 aliphatic carbocycles. The fraction of sp³-hybridized carbons (Fsp3) is 0.182. The van der Waals surface area contributed by atoms with Gasteiger partial charge >= 0.3 is 6.36 Å². The third-order valence-electron chi connectivity index (χ3n) is 5.06. The SMILES string of the molecule is Fc1ccc([C@H](Cn2cnnn2)C(F)(F)c2ccc(-c3ccc(OC(F)(F)F)cc3)cn2)c(F)c1. The number of tetrazole rings is 1. The van der Waals surface area contributed by atoms with Crippen LogP contribution in [-0.4, -0.2) is 31.6 Å². The number of halogens is 7. The Labute approximate surface area is 193 Å². The Bertz CT molecular complexity index is 1280. The van der Waals surface area contributed by atoms with Gasteiger partial charge in [0, 0.05) is 17.8 Å². The lowest BCUT2D eigenvalue weighted by atomic mass is 9.89. The van der Waals surface area contributed by atoms with Crippen molar-refractivity contribution in [3.05, 3.63) is 90.0 Å². The Balaban J connectivity index is 1.63. The number of aromatic nitrogens is 5. The normalized spacial score (nSPS) is 13.0. The molecule has 182 valence electrons. The largest absolute Gasteiger partial charge is 0.573 e. The monoisotopic (exact) mass is 497 g/mol. The maximum absolute atomic E-state index is 15.6. The molecule has 4 rings (SSSR count). The average Bonchev–Trinajstić information content (AvgIpc) is 3.31. The van der Waals surface area contributed by atoms with Crippen LogP contribution in [0.3, 0.4) is 0 Å². The van der Waals surface area contributed by atoms with Gasteiger partial charge in [0.05, 0.1) is 12.5 Å². The molecule has 0 aliphatic rings. The van der Waals surface area contributed by atoms with Gasteiger partial charge in [-0.15, -0.1) is 18.3 Å². The van der Waals surface area contributed by atoms with Crippen LogP contribution in [0.4, 0.5) is 30.7 Å². The van der Waals surface area contributed by atoms with Crippen LogP contribution < -0.4 is 4.74 Å². The van der Waals surface area contributed by atoms with Gasteiger partial charge in [0.2, 0.25) is 0 Å². The van der Waals surface area contributed by atoms with E-state index in [0.29, 0.717) is 17.2 Å². The summed E-state index contributed by atoms with van der Waals surface area (Å²) in [4.78, 5) is 3.81. The van der Waals surface area contributed by atoms with Gasteiger partial charge in [0.25, 0.3) is 5.92 Å². The summed E-state index contributed by atoms with van der Waals surface area (Å²) in [7, 11) is 0. The van der Waals surface area contributed by atoms with E-state index in [1.807, 2.05) is 0 Å². The fourth-order valence-corrected chi connectivity index (χ4v) is 3.43. The first-order valence-electron chi connectivity index (χ1n) is 9.89. The van der Waals surface area contributed by atoms with Crippen LogP contribution in [0.15, 0.2) is 67.1 Å². The average molecular weight is 497 g/mol. The summed E-state index contributed by atoms with van der Waals surface area (Å²) in [5.41, 5.74) is -0.428. The molecule has 0 saturated heterocycles. The summed E-state index contributed by atoms with van der Waals surface area (Å²) in [5, 5.41) is 10.3. The number of nitrogens with zero attached hydrogens (tertiary/aromatic N) is 5. The topological polar surface area (TPSA) is 65.7 Å². The van der Waals surface area contributed by atoms with Gasteiger partial charge in [0.15, 0.2) is 0 Å². The highest BCUT2D eigenvalue weighted by atomic mass is 19.4. The Morgan fingerprint density at radius 2 is 1.60 bits per heavy atom. The highest BCUT2D eigenvalue weighted by Gasteiger charge is 2.45. The predicted molar refractivity (Wildman–Crippen MR) is 107 cm³/mol. The van der Waals surface area contributed by atoms with Crippen LogP contribution in [0.1, 0.15) is 17.2 Å². The van der Waals surface area contributed by atoms with E-state index < -0.39 is 53.4 Å². The van der Waals surface area contributed by atoms with E-state index in [1.54, 1.807) is 0 Å². The Kier molecular flexibility index (Phi) is 6.41. The molecule has 0 saturated carbocycles. The van der Waals surface area contributed by atoms with Crippen molar-refractivity contribution < 1.29 is 35.5 Å². The third-order valence-corrected chi connectivity index (χ3v) is 5.06. The smallest absolute Gasteiger partial charge is 0.406 e. The number of rotatable bonds is 7. The van der Waals surface area contributed by atoms with Crippen molar-refractivity contribution in [2.24, 2.45) is 0 Å². The van der Waals surface area contributed by atoms with Crippen LogP contribution >= 0.6 is 0 Å². The van der Waals surface area contributed by atoms with Crippen LogP contribution in [0.2, 0.25) is 0 Å². The van der Waals surface area contributed by atoms with Gasteiger partial charge in [-0.1, -0.05) is 24.3 Å². The lowest BCUT2D eigenvalue weighted by molar-refractivity contribution is -0.274. The summed E-state index contributed by atoms with van der Waals surface area (Å²) in [6, 6.07) is 9.37. The number of benzene rings is 2. The zero-order valence-corrected chi connectivity index (χ0v) is 17.4. The van der Waals surface area contributed by atoms with Gasteiger partial charge in [0.1, 0.15) is 29.4 Å². The standard InChI is InChI=1S/C22H14F7N5O/c23-15-4-7-17(19(24)9-15)18(11-34-12-31-32-33-34)21(25,26)20-8-3-14(10-30-20)13-1-5-16(6-2-13)35-22(27,28)29/h1-10,12,18H,11H2/t18-/m0/s1. The van der Waals surface area contributed by atoms with Crippen molar-refractivity contribution in [2.75, 3.05) is 0 Å². The van der Waals surface area contributed by atoms with E-state index in [-0.39, 0.29) is 0 Å². The van der Waals surface area contributed by atoms with Gasteiger partial charge in [-0.2, -0.15) is 8.78 Å². The number of hydrogen-bond acceptors (Lipinski definition) is 5. The van der Waals surface area contributed by atoms with Gasteiger partial charge in [-0.3, -0.25) is 4.98 Å². The summed E-state index contributed by atoms with van der Waals surface area (Å²) >= 11 is 0. The minimum absolute atomic E-state index is 0.341. The Morgan fingerprint density at radius 3 is 2.17 bits per heavy atom. The van der Waals surface area contributed by atoms with Crippen LogP contribution in [0, 0.1) is 11.6 Å². The molecule has 2 aromatic carbocycles. The number of alkyl halides is 5. The van der Waals surface area contributed by atoms with Crippen molar-refractivity contribution in [3.8, 4) is 16.9 Å². The first kappa shape index (κ1) is 24.1. The minimum atomic E-state index is -4.85. The molecule has 2 heterocycles. The second kappa shape index (κ2) is 9.31. The van der Waals surface area contributed by atoms with E-state index >= 15 is 8.78 Å². The summed E-state index contributed by atoms with van der Waals surface area (Å²) < 4.78 is 101. The molecule has 13 heteroatoms. The van der Waals surface area contributed by atoms with E-state index in [0.717, 1.165) is 47.5 Å². The van der Waals surface area contributed by atoms with Crippen molar-refractivity contribution in [1.29, 1.82) is 0 Å². The molecule has 0 spiro atoms. The van der Waals surface area contributed by atoms with Crippen molar-refractivity contribution in [2.45, 2.75) is 24.7 Å². The van der Waals surface area contributed by atoms with Gasteiger partial charge < -0.3 is 4.74 Å². The van der Waals surface area contributed by atoms with E-state index in [1.165, 1.54) is 18.2 Å². The van der Waals surface area contributed by atoms with Crippen LogP contribution in [0.5, 0.6) is 5.75 Å². The second-order valence-electron chi connectivity index (χ2n) is 7.38. The number of ether oxygens (including phenoxy) is 1. The van der Waals surface area contributed by atoms with Crippen LogP contribution in [-0.2, 0) is 12.5 Å². The lowest BCUT2D eigenvalue weighted by Gasteiger charge is -2.27. The fourth-order valence-electron chi connectivity index (χ4n) is 3.43. The number of hydrogen-bond donors (Lipinski definition) is 0. The zero-order valence-electron chi connectivity index (χ0n) is 17.4. The molecular weight excluding hydrogens is 483 g/mol. The third kappa shape index (κ3) is 5.55. The molecule has 0 N–H and O–H groups in total. The highest BCUT2D eigenvalue weighted by molar-refractivity contribution is 5.63. The van der Waals surface area contributed by atoms with Crippen molar-refractivity contribution >= 4 is 0 Å². The molecule has 4 aromatic rings. The van der Waals surface area contributed by atoms with E-state index in [9.17, 15) is 22.0 Å². The highest BCUT2D eigenvalue weighted by Crippen LogP contribution is 2.43. The summed E-state index contributed by atoms with van der Waals surface area (Å²) in [6.07, 6.45) is -2.66. The first-order valence-corrected chi connectivity index (χ1v) is 9.89.